The van der Waals surface area contributed by atoms with Gasteiger partial charge < -0.3 is 10.6 Å². The monoisotopic (exact) mass is 543 g/mol. The van der Waals surface area contributed by atoms with Crippen LogP contribution in [0.4, 0.5) is 0 Å². The minimum Gasteiger partial charge on any atom is -0.356 e. The Morgan fingerprint density at radius 3 is 2.61 bits per heavy atom. The van der Waals surface area contributed by atoms with Gasteiger partial charge in [0.1, 0.15) is 0 Å². The zero-order valence-corrected chi connectivity index (χ0v) is 21.0. The molecule has 2 N–H and O–H groups in total. The van der Waals surface area contributed by atoms with Crippen molar-refractivity contribution in [3.05, 3.63) is 22.4 Å². The second-order valence-corrected chi connectivity index (χ2v) is 9.72. The largest absolute Gasteiger partial charge is 0.356 e. The van der Waals surface area contributed by atoms with Crippen LogP contribution < -0.4 is 10.6 Å². The zero-order chi connectivity index (χ0) is 19.7. The van der Waals surface area contributed by atoms with Crippen LogP contribution in [0.25, 0.3) is 0 Å². The van der Waals surface area contributed by atoms with E-state index in [1.54, 1.807) is 18.4 Å². The molecule has 1 aliphatic rings. The van der Waals surface area contributed by atoms with Gasteiger partial charge in [-0.3, -0.25) is 9.89 Å². The van der Waals surface area contributed by atoms with Crippen LogP contribution in [0.2, 0.25) is 0 Å². The summed E-state index contributed by atoms with van der Waals surface area (Å²) in [5.74, 6) is 0.762. The lowest BCUT2D eigenvalue weighted by atomic mass is 10.2. The second-order valence-electron chi connectivity index (χ2n) is 6.76. The van der Waals surface area contributed by atoms with Gasteiger partial charge in [-0.1, -0.05) is 13.0 Å². The van der Waals surface area contributed by atoms with E-state index in [9.17, 15) is 8.42 Å². The van der Waals surface area contributed by atoms with Crippen molar-refractivity contribution in [2.75, 3.05) is 52.6 Å². The number of aliphatic imine (C=N–C) groups is 1. The van der Waals surface area contributed by atoms with E-state index >= 15 is 0 Å². The van der Waals surface area contributed by atoms with E-state index in [0.29, 0.717) is 25.7 Å². The number of rotatable bonds is 10. The Balaban J connectivity index is 0.00000392. The maximum atomic E-state index is 11.6. The third kappa shape index (κ3) is 8.13. The number of nitrogens with zero attached hydrogens (tertiary/aromatic N) is 3. The minimum atomic E-state index is -3.12. The summed E-state index contributed by atoms with van der Waals surface area (Å²) < 4.78 is 24.7. The van der Waals surface area contributed by atoms with E-state index in [0.717, 1.165) is 32.0 Å². The van der Waals surface area contributed by atoms with Crippen molar-refractivity contribution in [1.29, 1.82) is 0 Å². The van der Waals surface area contributed by atoms with Crippen LogP contribution >= 0.6 is 35.3 Å². The van der Waals surface area contributed by atoms with Crippen molar-refractivity contribution in [2.45, 2.75) is 32.2 Å². The molecule has 0 amide bonds. The van der Waals surface area contributed by atoms with E-state index in [-0.39, 0.29) is 24.0 Å². The fourth-order valence-corrected chi connectivity index (χ4v) is 5.17. The van der Waals surface area contributed by atoms with Gasteiger partial charge in [-0.15, -0.1) is 35.3 Å². The molecule has 162 valence electrons. The van der Waals surface area contributed by atoms with E-state index in [4.69, 9.17) is 0 Å². The summed E-state index contributed by atoms with van der Waals surface area (Å²) in [5.41, 5.74) is 0. The average Bonchev–Trinajstić information content (AvgIpc) is 3.33. The van der Waals surface area contributed by atoms with Gasteiger partial charge in [0.15, 0.2) is 5.96 Å². The first kappa shape index (κ1) is 25.6. The maximum Gasteiger partial charge on any atom is 0.211 e. The number of hydrogen-bond acceptors (Lipinski definition) is 5. The molecule has 0 spiro atoms. The predicted molar refractivity (Wildman–Crippen MR) is 129 cm³/mol. The predicted octanol–water partition coefficient (Wildman–Crippen LogP) is 2.34. The van der Waals surface area contributed by atoms with Crippen LogP contribution in [0.5, 0.6) is 0 Å². The molecule has 0 aromatic carbocycles. The normalized spacial score (nSPS) is 16.8. The summed E-state index contributed by atoms with van der Waals surface area (Å²) in [5, 5.41) is 8.86. The number of guanidine groups is 1. The van der Waals surface area contributed by atoms with Crippen LogP contribution in [0.3, 0.4) is 0 Å². The molecule has 0 aliphatic carbocycles. The number of hydrogen-bond donors (Lipinski definition) is 2. The van der Waals surface area contributed by atoms with Crippen LogP contribution in [-0.2, 0) is 10.0 Å². The molecule has 7 nitrogen and oxygen atoms in total. The fourth-order valence-electron chi connectivity index (χ4n) is 3.38. The van der Waals surface area contributed by atoms with E-state index in [1.165, 1.54) is 28.3 Å². The zero-order valence-electron chi connectivity index (χ0n) is 17.1. The van der Waals surface area contributed by atoms with Crippen molar-refractivity contribution in [3.63, 3.8) is 0 Å². The number of halogens is 1. The first-order valence-corrected chi connectivity index (χ1v) is 12.4. The maximum absolute atomic E-state index is 11.6. The van der Waals surface area contributed by atoms with Gasteiger partial charge in [0.05, 0.1) is 12.3 Å². The molecule has 0 saturated carbocycles. The van der Waals surface area contributed by atoms with E-state index < -0.39 is 10.0 Å². The Bertz CT molecular complexity index is 676. The third-order valence-electron chi connectivity index (χ3n) is 4.84. The molecule has 1 saturated heterocycles. The molecule has 2 heterocycles. The molecule has 1 fully saturated rings. The van der Waals surface area contributed by atoms with E-state index in [1.807, 2.05) is 6.92 Å². The van der Waals surface area contributed by atoms with Gasteiger partial charge in [-0.05, 0) is 43.8 Å². The first-order valence-electron chi connectivity index (χ1n) is 9.62. The van der Waals surface area contributed by atoms with Gasteiger partial charge in [-0.2, -0.15) is 0 Å². The number of nitrogens with one attached hydrogen (secondary N) is 2. The van der Waals surface area contributed by atoms with Crippen LogP contribution in [0.1, 0.15) is 37.1 Å². The minimum absolute atomic E-state index is 0. The molecule has 1 aromatic heterocycles. The SMILES string of the molecule is CCN(CCCNC(=NC)NCC(c1cccs1)N1CCCC1)S(C)(=O)=O.I. The molecule has 0 radical (unpaired) electrons. The Morgan fingerprint density at radius 2 is 2.07 bits per heavy atom. The first-order chi connectivity index (χ1) is 13.0. The van der Waals surface area contributed by atoms with Gasteiger partial charge in [-0.25, -0.2) is 12.7 Å². The highest BCUT2D eigenvalue weighted by Gasteiger charge is 2.24. The smallest absolute Gasteiger partial charge is 0.211 e. The topological polar surface area (TPSA) is 77.0 Å². The van der Waals surface area contributed by atoms with Crippen LogP contribution in [0, 0.1) is 0 Å². The summed E-state index contributed by atoms with van der Waals surface area (Å²) >= 11 is 1.80. The fraction of sp³-hybridized carbons (Fsp3) is 0.722. The van der Waals surface area contributed by atoms with Crippen molar-refractivity contribution < 1.29 is 8.42 Å². The lowest BCUT2D eigenvalue weighted by Gasteiger charge is -2.27. The Hall–Kier alpha value is -0.430. The van der Waals surface area contributed by atoms with Gasteiger partial charge in [0.2, 0.25) is 10.0 Å². The number of likely N-dealkylation sites (tertiary alicyclic amines) is 1. The molecule has 1 unspecified atom stereocenters. The van der Waals surface area contributed by atoms with Crippen LogP contribution in [-0.4, -0.2) is 76.2 Å². The van der Waals surface area contributed by atoms with Crippen molar-refractivity contribution in [2.24, 2.45) is 4.99 Å². The Morgan fingerprint density at radius 1 is 1.36 bits per heavy atom. The molecule has 1 atom stereocenters. The lowest BCUT2D eigenvalue weighted by molar-refractivity contribution is 0.249. The molecular weight excluding hydrogens is 509 g/mol. The summed E-state index contributed by atoms with van der Waals surface area (Å²) in [6.45, 7) is 6.67. The molecule has 10 heteroatoms. The summed E-state index contributed by atoms with van der Waals surface area (Å²) in [4.78, 5) is 8.22. The lowest BCUT2D eigenvalue weighted by Crippen LogP contribution is -2.43. The Labute approximate surface area is 191 Å². The van der Waals surface area contributed by atoms with E-state index in [2.05, 4.69) is 38.0 Å². The summed E-state index contributed by atoms with van der Waals surface area (Å²) in [7, 11) is -1.36. The van der Waals surface area contributed by atoms with Crippen molar-refractivity contribution in [1.82, 2.24) is 19.8 Å². The quantitative estimate of drug-likeness (QED) is 0.205. The highest BCUT2D eigenvalue weighted by molar-refractivity contribution is 14.0. The molecule has 1 aliphatic heterocycles. The highest BCUT2D eigenvalue weighted by atomic mass is 127. The third-order valence-corrected chi connectivity index (χ3v) is 7.19. The number of thiophene rings is 1. The van der Waals surface area contributed by atoms with Gasteiger partial charge >= 0.3 is 0 Å². The molecule has 0 bridgehead atoms. The standard InChI is InChI=1S/C18H33N5O2S2.HI/c1-4-23(27(3,24)25)13-8-10-20-18(19-2)21-15-16(17-9-7-14-26-17)22-11-5-6-12-22;/h7,9,14,16H,4-6,8,10-13,15H2,1-3H3,(H2,19,20,21);1H. The molecular formula is C18H34IN5O2S2. The molecule has 2 rings (SSSR count). The van der Waals surface area contributed by atoms with Crippen molar-refractivity contribution in [3.8, 4) is 0 Å². The summed E-state index contributed by atoms with van der Waals surface area (Å²) in [6, 6.07) is 4.68. The van der Waals surface area contributed by atoms with Gasteiger partial charge in [0.25, 0.3) is 0 Å². The number of sulfonamides is 1. The molecule has 28 heavy (non-hydrogen) atoms. The second kappa shape index (κ2) is 13.0. The average molecular weight is 544 g/mol. The highest BCUT2D eigenvalue weighted by Crippen LogP contribution is 2.27. The summed E-state index contributed by atoms with van der Waals surface area (Å²) in [6.07, 6.45) is 4.53. The molecule has 1 aromatic rings. The van der Waals surface area contributed by atoms with Gasteiger partial charge in [0, 0.05) is 38.1 Å². The Kier molecular flexibility index (Phi) is 11.9. The van der Waals surface area contributed by atoms with Crippen LogP contribution in [0.15, 0.2) is 22.5 Å². The van der Waals surface area contributed by atoms with Crippen molar-refractivity contribution >= 4 is 51.3 Å².